The standard InChI is InChI=1S/C13H18N2OS/c1-9-4-5-11(12(14)7-9)13(16)15-8-10-3-2-6-17-10/h4-5,7,10H,2-3,6,8,14H2,1H3,(H,15,16). The van der Waals surface area contributed by atoms with Gasteiger partial charge in [0.15, 0.2) is 0 Å². The molecule has 0 spiro atoms. The summed E-state index contributed by atoms with van der Waals surface area (Å²) in [5, 5.41) is 3.54. The molecule has 1 aliphatic rings. The minimum atomic E-state index is -0.0602. The largest absolute Gasteiger partial charge is 0.398 e. The average molecular weight is 250 g/mol. The molecular formula is C13H18N2OS. The fourth-order valence-electron chi connectivity index (χ4n) is 2.00. The highest BCUT2D eigenvalue weighted by atomic mass is 32.2. The molecule has 1 aromatic carbocycles. The molecule has 1 fully saturated rings. The van der Waals surface area contributed by atoms with E-state index in [0.717, 1.165) is 12.1 Å². The third-order valence-electron chi connectivity index (χ3n) is 2.97. The lowest BCUT2D eigenvalue weighted by molar-refractivity contribution is 0.0954. The van der Waals surface area contributed by atoms with Crippen molar-refractivity contribution in [3.8, 4) is 0 Å². The maximum Gasteiger partial charge on any atom is 0.253 e. The molecule has 1 saturated heterocycles. The third kappa shape index (κ3) is 3.16. The summed E-state index contributed by atoms with van der Waals surface area (Å²) in [6.45, 7) is 2.71. The Morgan fingerprint density at radius 1 is 1.59 bits per heavy atom. The molecule has 1 unspecified atom stereocenters. The van der Waals surface area contributed by atoms with Crippen LogP contribution in [0.15, 0.2) is 18.2 Å². The van der Waals surface area contributed by atoms with Crippen LogP contribution in [0, 0.1) is 6.92 Å². The number of hydrogen-bond acceptors (Lipinski definition) is 3. The molecule has 17 heavy (non-hydrogen) atoms. The Labute approximate surface area is 106 Å². The number of thioether (sulfide) groups is 1. The number of nitrogens with one attached hydrogen (secondary N) is 1. The van der Waals surface area contributed by atoms with E-state index in [0.29, 0.717) is 16.5 Å². The molecule has 3 N–H and O–H groups in total. The predicted octanol–water partition coefficient (Wildman–Crippen LogP) is 2.20. The van der Waals surface area contributed by atoms with Gasteiger partial charge in [-0.1, -0.05) is 6.07 Å². The van der Waals surface area contributed by atoms with Gasteiger partial charge in [-0.05, 0) is 43.2 Å². The fourth-order valence-corrected chi connectivity index (χ4v) is 3.20. The van der Waals surface area contributed by atoms with Gasteiger partial charge in [0.05, 0.1) is 5.56 Å². The number of carbonyl (C=O) groups excluding carboxylic acids is 1. The number of benzene rings is 1. The number of carbonyl (C=O) groups is 1. The number of rotatable bonds is 3. The van der Waals surface area contributed by atoms with Crippen LogP contribution < -0.4 is 11.1 Å². The second kappa shape index (κ2) is 5.45. The van der Waals surface area contributed by atoms with E-state index in [1.807, 2.05) is 30.8 Å². The van der Waals surface area contributed by atoms with Gasteiger partial charge in [0.2, 0.25) is 0 Å². The van der Waals surface area contributed by atoms with Crippen molar-refractivity contribution in [3.05, 3.63) is 29.3 Å². The van der Waals surface area contributed by atoms with E-state index in [2.05, 4.69) is 5.32 Å². The highest BCUT2D eigenvalue weighted by Gasteiger charge is 2.17. The van der Waals surface area contributed by atoms with Crippen molar-refractivity contribution in [3.63, 3.8) is 0 Å². The molecule has 3 nitrogen and oxygen atoms in total. The summed E-state index contributed by atoms with van der Waals surface area (Å²) >= 11 is 1.94. The second-order valence-electron chi connectivity index (χ2n) is 4.44. The summed E-state index contributed by atoms with van der Waals surface area (Å²) in [7, 11) is 0. The Bertz CT molecular complexity index is 414. The maximum absolute atomic E-state index is 11.9. The first-order valence-corrected chi connectivity index (χ1v) is 6.97. The van der Waals surface area contributed by atoms with Gasteiger partial charge in [-0.2, -0.15) is 11.8 Å². The van der Waals surface area contributed by atoms with Gasteiger partial charge in [-0.3, -0.25) is 4.79 Å². The van der Waals surface area contributed by atoms with Gasteiger partial charge >= 0.3 is 0 Å². The lowest BCUT2D eigenvalue weighted by Gasteiger charge is -2.11. The van der Waals surface area contributed by atoms with Crippen molar-refractivity contribution < 1.29 is 4.79 Å². The van der Waals surface area contributed by atoms with E-state index < -0.39 is 0 Å². The molecule has 0 aliphatic carbocycles. The zero-order valence-corrected chi connectivity index (χ0v) is 10.8. The van der Waals surface area contributed by atoms with Crippen LogP contribution in [0.5, 0.6) is 0 Å². The number of amides is 1. The predicted molar refractivity (Wildman–Crippen MR) is 73.4 cm³/mol. The zero-order valence-electron chi connectivity index (χ0n) is 10.0. The van der Waals surface area contributed by atoms with Crippen LogP contribution in [-0.4, -0.2) is 23.5 Å². The highest BCUT2D eigenvalue weighted by Crippen LogP contribution is 2.25. The first-order chi connectivity index (χ1) is 8.16. The van der Waals surface area contributed by atoms with Crippen molar-refractivity contribution in [1.29, 1.82) is 0 Å². The molecule has 2 rings (SSSR count). The molecule has 0 radical (unpaired) electrons. The number of aryl methyl sites for hydroxylation is 1. The molecule has 1 amide bonds. The average Bonchev–Trinajstić information content (AvgIpc) is 2.78. The smallest absolute Gasteiger partial charge is 0.253 e. The number of nitrogens with two attached hydrogens (primary N) is 1. The monoisotopic (exact) mass is 250 g/mol. The van der Waals surface area contributed by atoms with Crippen molar-refractivity contribution in [2.24, 2.45) is 0 Å². The van der Waals surface area contributed by atoms with Crippen LogP contribution >= 0.6 is 11.8 Å². The van der Waals surface area contributed by atoms with E-state index in [9.17, 15) is 4.79 Å². The molecule has 1 heterocycles. The van der Waals surface area contributed by atoms with E-state index in [1.165, 1.54) is 18.6 Å². The molecule has 1 aliphatic heterocycles. The number of anilines is 1. The van der Waals surface area contributed by atoms with E-state index in [1.54, 1.807) is 6.07 Å². The molecular weight excluding hydrogens is 232 g/mol. The summed E-state index contributed by atoms with van der Waals surface area (Å²) in [6.07, 6.45) is 2.46. The molecule has 1 aromatic rings. The van der Waals surface area contributed by atoms with Gasteiger partial charge in [0.1, 0.15) is 0 Å². The maximum atomic E-state index is 11.9. The first kappa shape index (κ1) is 12.3. The highest BCUT2D eigenvalue weighted by molar-refractivity contribution is 8.00. The summed E-state index contributed by atoms with van der Waals surface area (Å²) in [4.78, 5) is 11.9. The molecule has 0 bridgehead atoms. The van der Waals surface area contributed by atoms with Gasteiger partial charge in [0.25, 0.3) is 5.91 Å². The summed E-state index contributed by atoms with van der Waals surface area (Å²) in [5.74, 6) is 1.16. The molecule has 0 saturated carbocycles. The zero-order chi connectivity index (χ0) is 12.3. The van der Waals surface area contributed by atoms with Crippen molar-refractivity contribution in [2.45, 2.75) is 25.0 Å². The minimum Gasteiger partial charge on any atom is -0.398 e. The van der Waals surface area contributed by atoms with E-state index >= 15 is 0 Å². The van der Waals surface area contributed by atoms with Gasteiger partial charge in [-0.25, -0.2) is 0 Å². The van der Waals surface area contributed by atoms with Crippen LogP contribution in [0.2, 0.25) is 0 Å². The Hall–Kier alpha value is -1.16. The molecule has 1 atom stereocenters. The Balaban J connectivity index is 1.94. The van der Waals surface area contributed by atoms with Crippen molar-refractivity contribution in [1.82, 2.24) is 5.32 Å². The number of hydrogen-bond donors (Lipinski definition) is 2. The third-order valence-corrected chi connectivity index (χ3v) is 4.36. The van der Waals surface area contributed by atoms with Crippen molar-refractivity contribution in [2.75, 3.05) is 18.0 Å². The van der Waals surface area contributed by atoms with Gasteiger partial charge in [-0.15, -0.1) is 0 Å². The lowest BCUT2D eigenvalue weighted by atomic mass is 10.1. The quantitative estimate of drug-likeness (QED) is 0.809. The van der Waals surface area contributed by atoms with Crippen LogP contribution in [0.4, 0.5) is 5.69 Å². The molecule has 0 aromatic heterocycles. The molecule has 4 heteroatoms. The lowest BCUT2D eigenvalue weighted by Crippen LogP contribution is -2.30. The summed E-state index contributed by atoms with van der Waals surface area (Å²) in [6, 6.07) is 5.54. The minimum absolute atomic E-state index is 0.0602. The van der Waals surface area contributed by atoms with E-state index in [-0.39, 0.29) is 5.91 Å². The van der Waals surface area contributed by atoms with Gasteiger partial charge < -0.3 is 11.1 Å². The Morgan fingerprint density at radius 3 is 3.06 bits per heavy atom. The van der Waals surface area contributed by atoms with Crippen LogP contribution in [0.3, 0.4) is 0 Å². The summed E-state index contributed by atoms with van der Waals surface area (Å²) in [5.41, 5.74) is 8.05. The fraction of sp³-hybridized carbons (Fsp3) is 0.462. The topological polar surface area (TPSA) is 55.1 Å². The Morgan fingerprint density at radius 2 is 2.41 bits per heavy atom. The van der Waals surface area contributed by atoms with Crippen molar-refractivity contribution >= 4 is 23.4 Å². The van der Waals surface area contributed by atoms with Gasteiger partial charge in [0, 0.05) is 17.5 Å². The number of nitrogen functional groups attached to an aromatic ring is 1. The first-order valence-electron chi connectivity index (χ1n) is 5.93. The Kier molecular flexibility index (Phi) is 3.94. The summed E-state index contributed by atoms with van der Waals surface area (Å²) < 4.78 is 0. The second-order valence-corrected chi connectivity index (χ2v) is 5.84. The van der Waals surface area contributed by atoms with Crippen LogP contribution in [-0.2, 0) is 0 Å². The molecule has 92 valence electrons. The SMILES string of the molecule is Cc1ccc(C(=O)NCC2CCCS2)c(N)c1. The normalized spacial score (nSPS) is 19.2. The van der Waals surface area contributed by atoms with Crippen LogP contribution in [0.25, 0.3) is 0 Å². The van der Waals surface area contributed by atoms with Crippen LogP contribution in [0.1, 0.15) is 28.8 Å². The van der Waals surface area contributed by atoms with E-state index in [4.69, 9.17) is 5.73 Å².